The van der Waals surface area contributed by atoms with Gasteiger partial charge >= 0.3 is 0 Å². The fourth-order valence-corrected chi connectivity index (χ4v) is 4.12. The fraction of sp³-hybridized carbons (Fsp3) is 0.0500. The third-order valence-corrected chi connectivity index (χ3v) is 5.99. The van der Waals surface area contributed by atoms with E-state index in [4.69, 9.17) is 0 Å². The number of nitrogens with one attached hydrogen (secondary N) is 1. The quantitative estimate of drug-likeness (QED) is 0.598. The molecule has 25 heavy (non-hydrogen) atoms. The highest BCUT2D eigenvalue weighted by atomic mass is 32.2. The molecular weight excluding hydrogens is 332 g/mol. The van der Waals surface area contributed by atoms with Gasteiger partial charge in [0.25, 0.3) is 0 Å². The Kier molecular flexibility index (Phi) is 3.66. The zero-order chi connectivity index (χ0) is 17.4. The number of rotatable bonds is 3. The van der Waals surface area contributed by atoms with Crippen LogP contribution < -0.4 is 0 Å². The lowest BCUT2D eigenvalue weighted by atomic mass is 10.2. The topological polar surface area (TPSA) is 62.8 Å². The minimum Gasteiger partial charge on any atom is -0.338 e. The van der Waals surface area contributed by atoms with E-state index in [1.807, 2.05) is 25.1 Å². The smallest absolute Gasteiger partial charge is 0.206 e. The van der Waals surface area contributed by atoms with Crippen molar-refractivity contribution in [3.8, 4) is 11.4 Å². The van der Waals surface area contributed by atoms with Crippen LogP contribution in [0, 0.1) is 6.92 Å². The van der Waals surface area contributed by atoms with E-state index in [1.165, 1.54) is 0 Å². The summed E-state index contributed by atoms with van der Waals surface area (Å²) in [5.74, 6) is 0.730. The molecule has 0 spiro atoms. The summed E-state index contributed by atoms with van der Waals surface area (Å²) in [5.41, 5.74) is 3.85. The van der Waals surface area contributed by atoms with Crippen molar-refractivity contribution in [3.05, 3.63) is 78.4 Å². The number of aryl methyl sites for hydroxylation is 1. The molecule has 1 heterocycles. The van der Waals surface area contributed by atoms with Crippen LogP contribution in [0.15, 0.2) is 82.6 Å². The summed E-state index contributed by atoms with van der Waals surface area (Å²) in [6, 6.07) is 21.2. The van der Waals surface area contributed by atoms with Gasteiger partial charge in [-0.2, -0.15) is 0 Å². The molecule has 0 radical (unpaired) electrons. The number of fused-ring (bicyclic) bond motifs is 1. The van der Waals surface area contributed by atoms with Gasteiger partial charge in [-0.15, -0.1) is 0 Å². The van der Waals surface area contributed by atoms with Crippen LogP contribution in [0.3, 0.4) is 0 Å². The van der Waals surface area contributed by atoms with Gasteiger partial charge in [-0.05, 0) is 55.0 Å². The molecule has 0 aliphatic heterocycles. The Balaban J connectivity index is 1.73. The normalized spacial score (nSPS) is 11.7. The molecule has 0 amide bonds. The van der Waals surface area contributed by atoms with E-state index in [1.54, 1.807) is 54.6 Å². The first-order chi connectivity index (χ1) is 12.1. The minimum atomic E-state index is -3.50. The molecule has 1 N–H and O–H groups in total. The van der Waals surface area contributed by atoms with Crippen molar-refractivity contribution >= 4 is 20.9 Å². The van der Waals surface area contributed by atoms with Crippen molar-refractivity contribution in [2.45, 2.75) is 16.7 Å². The van der Waals surface area contributed by atoms with Gasteiger partial charge in [-0.25, -0.2) is 13.4 Å². The molecule has 5 heteroatoms. The second-order valence-corrected chi connectivity index (χ2v) is 7.85. The third kappa shape index (κ3) is 2.72. The molecule has 3 aromatic carbocycles. The van der Waals surface area contributed by atoms with E-state index < -0.39 is 9.84 Å². The molecule has 0 aliphatic rings. The number of benzene rings is 3. The molecule has 0 saturated carbocycles. The Labute approximate surface area is 146 Å². The summed E-state index contributed by atoms with van der Waals surface area (Å²) in [6.07, 6.45) is 0. The first-order valence-electron chi connectivity index (χ1n) is 7.91. The molecule has 4 aromatic rings. The average molecular weight is 348 g/mol. The van der Waals surface area contributed by atoms with E-state index in [-0.39, 0.29) is 4.90 Å². The van der Waals surface area contributed by atoms with Gasteiger partial charge in [0, 0.05) is 5.56 Å². The SMILES string of the molecule is Cc1cccc2[nH]c(-c3ccc(S(=O)(=O)c4ccccc4)cc3)nc12. The van der Waals surface area contributed by atoms with Crippen LogP contribution in [-0.2, 0) is 9.84 Å². The molecule has 0 atom stereocenters. The summed E-state index contributed by atoms with van der Waals surface area (Å²) >= 11 is 0. The van der Waals surface area contributed by atoms with Gasteiger partial charge < -0.3 is 4.98 Å². The standard InChI is InChI=1S/C20H16N2O2S/c1-14-6-5-9-18-19(14)22-20(21-18)15-10-12-17(13-11-15)25(23,24)16-7-3-2-4-8-16/h2-13H,1H3,(H,21,22). The largest absolute Gasteiger partial charge is 0.338 e. The zero-order valence-corrected chi connectivity index (χ0v) is 14.4. The van der Waals surface area contributed by atoms with Crippen LogP contribution in [0.25, 0.3) is 22.4 Å². The number of aromatic amines is 1. The number of hydrogen-bond donors (Lipinski definition) is 1. The molecule has 4 nitrogen and oxygen atoms in total. The monoisotopic (exact) mass is 348 g/mol. The Bertz CT molecular complexity index is 1150. The predicted octanol–water partition coefficient (Wildman–Crippen LogP) is 4.37. The number of aromatic nitrogens is 2. The second kappa shape index (κ2) is 5.86. The average Bonchev–Trinajstić information content (AvgIpc) is 3.08. The molecule has 124 valence electrons. The van der Waals surface area contributed by atoms with Crippen LogP contribution in [0.1, 0.15) is 5.56 Å². The van der Waals surface area contributed by atoms with E-state index in [2.05, 4.69) is 9.97 Å². The number of sulfone groups is 1. The first-order valence-corrected chi connectivity index (χ1v) is 9.40. The molecule has 0 aliphatic carbocycles. The van der Waals surface area contributed by atoms with Crippen molar-refractivity contribution < 1.29 is 8.42 Å². The minimum absolute atomic E-state index is 0.273. The summed E-state index contributed by atoms with van der Waals surface area (Å²) in [5, 5.41) is 0. The van der Waals surface area contributed by atoms with Crippen LogP contribution >= 0.6 is 0 Å². The van der Waals surface area contributed by atoms with Crippen molar-refractivity contribution in [1.82, 2.24) is 9.97 Å². The molecule has 1 aromatic heterocycles. The Morgan fingerprint density at radius 3 is 2.16 bits per heavy atom. The van der Waals surface area contributed by atoms with Gasteiger partial charge in [0.2, 0.25) is 9.84 Å². The van der Waals surface area contributed by atoms with Gasteiger partial charge in [-0.1, -0.05) is 30.3 Å². The van der Waals surface area contributed by atoms with Gasteiger partial charge in [0.15, 0.2) is 0 Å². The number of imidazole rings is 1. The second-order valence-electron chi connectivity index (χ2n) is 5.90. The highest BCUT2D eigenvalue weighted by molar-refractivity contribution is 7.91. The highest BCUT2D eigenvalue weighted by Crippen LogP contribution is 2.26. The lowest BCUT2D eigenvalue weighted by molar-refractivity contribution is 0.596. The molecule has 4 rings (SSSR count). The Morgan fingerprint density at radius 2 is 1.48 bits per heavy atom. The van der Waals surface area contributed by atoms with Gasteiger partial charge in [0.05, 0.1) is 20.8 Å². The maximum Gasteiger partial charge on any atom is 0.206 e. The molecule has 0 saturated heterocycles. The highest BCUT2D eigenvalue weighted by Gasteiger charge is 2.17. The van der Waals surface area contributed by atoms with E-state index in [0.29, 0.717) is 4.90 Å². The lowest BCUT2D eigenvalue weighted by Gasteiger charge is -2.05. The maximum atomic E-state index is 12.6. The first kappa shape index (κ1) is 15.6. The van der Waals surface area contributed by atoms with E-state index in [0.717, 1.165) is 28.0 Å². The molecule has 0 bridgehead atoms. The number of nitrogens with zero attached hydrogens (tertiary/aromatic N) is 1. The number of para-hydroxylation sites is 1. The third-order valence-electron chi connectivity index (χ3n) is 4.21. The number of hydrogen-bond acceptors (Lipinski definition) is 3. The molecular formula is C20H16N2O2S. The predicted molar refractivity (Wildman–Crippen MR) is 98.2 cm³/mol. The van der Waals surface area contributed by atoms with Crippen LogP contribution in [-0.4, -0.2) is 18.4 Å². The summed E-state index contributed by atoms with van der Waals surface area (Å²) in [6.45, 7) is 2.02. The van der Waals surface area contributed by atoms with Crippen molar-refractivity contribution in [3.63, 3.8) is 0 Å². The van der Waals surface area contributed by atoms with Crippen molar-refractivity contribution in [1.29, 1.82) is 0 Å². The van der Waals surface area contributed by atoms with Crippen LogP contribution in [0.4, 0.5) is 0 Å². The van der Waals surface area contributed by atoms with Crippen molar-refractivity contribution in [2.24, 2.45) is 0 Å². The summed E-state index contributed by atoms with van der Waals surface area (Å²) in [4.78, 5) is 8.48. The van der Waals surface area contributed by atoms with Gasteiger partial charge in [-0.3, -0.25) is 0 Å². The van der Waals surface area contributed by atoms with Crippen molar-refractivity contribution in [2.75, 3.05) is 0 Å². The fourth-order valence-electron chi connectivity index (χ4n) is 2.84. The van der Waals surface area contributed by atoms with Crippen LogP contribution in [0.5, 0.6) is 0 Å². The molecule has 0 unspecified atom stereocenters. The van der Waals surface area contributed by atoms with E-state index in [9.17, 15) is 8.42 Å². The summed E-state index contributed by atoms with van der Waals surface area (Å²) < 4.78 is 25.3. The number of H-pyrrole nitrogens is 1. The Hall–Kier alpha value is -2.92. The summed E-state index contributed by atoms with van der Waals surface area (Å²) in [7, 11) is -3.50. The lowest BCUT2D eigenvalue weighted by Crippen LogP contribution is -2.01. The maximum absolute atomic E-state index is 12.6. The molecule has 0 fully saturated rings. The van der Waals surface area contributed by atoms with E-state index >= 15 is 0 Å². The van der Waals surface area contributed by atoms with Gasteiger partial charge in [0.1, 0.15) is 5.82 Å². The zero-order valence-electron chi connectivity index (χ0n) is 13.6. The Morgan fingerprint density at radius 1 is 0.800 bits per heavy atom. The van der Waals surface area contributed by atoms with Crippen LogP contribution in [0.2, 0.25) is 0 Å².